The van der Waals surface area contributed by atoms with Crippen molar-refractivity contribution >= 4 is 17.8 Å². The third-order valence-electron chi connectivity index (χ3n) is 2.56. The van der Waals surface area contributed by atoms with E-state index in [1.165, 1.54) is 17.0 Å². The van der Waals surface area contributed by atoms with E-state index < -0.39 is 5.97 Å². The molecule has 0 aliphatic carbocycles. The maximum Gasteiger partial charge on any atom is 0.337 e. The Morgan fingerprint density at radius 2 is 2.17 bits per heavy atom. The van der Waals surface area contributed by atoms with Crippen molar-refractivity contribution in [3.63, 3.8) is 0 Å². The number of carboxylic acid groups (broad SMARTS) is 1. The number of amides is 2. The summed E-state index contributed by atoms with van der Waals surface area (Å²) in [5.74, 6) is -1.68. The van der Waals surface area contributed by atoms with Gasteiger partial charge in [0.2, 0.25) is 5.91 Å². The summed E-state index contributed by atoms with van der Waals surface area (Å²) >= 11 is 0. The van der Waals surface area contributed by atoms with Gasteiger partial charge in [0.05, 0.1) is 12.1 Å². The Hall–Kier alpha value is -2.44. The number of carboxylic acids is 1. The fourth-order valence-corrected chi connectivity index (χ4v) is 1.62. The van der Waals surface area contributed by atoms with Crippen LogP contribution in [0.25, 0.3) is 0 Å². The molecule has 2 rings (SSSR count). The van der Waals surface area contributed by atoms with E-state index in [1.54, 1.807) is 0 Å². The number of piperazine rings is 1. The van der Waals surface area contributed by atoms with Crippen molar-refractivity contribution in [3.05, 3.63) is 29.6 Å². The van der Waals surface area contributed by atoms with Gasteiger partial charge >= 0.3 is 5.97 Å². The predicted octanol–water partition coefficient (Wildman–Crippen LogP) is -0.648. The number of aromatic nitrogens is 1. The van der Waals surface area contributed by atoms with Gasteiger partial charge in [-0.3, -0.25) is 14.6 Å². The number of carbonyl (C=O) groups is 3. The van der Waals surface area contributed by atoms with Crippen LogP contribution < -0.4 is 5.32 Å². The second kappa shape index (κ2) is 4.82. The van der Waals surface area contributed by atoms with Crippen molar-refractivity contribution in [2.75, 3.05) is 19.6 Å². The number of carbonyl (C=O) groups excluding carboxylic acids is 2. The van der Waals surface area contributed by atoms with Crippen molar-refractivity contribution in [2.24, 2.45) is 0 Å². The summed E-state index contributed by atoms with van der Waals surface area (Å²) in [6.07, 6.45) is 1.12. The molecule has 1 aliphatic rings. The number of aromatic carboxylic acids is 1. The van der Waals surface area contributed by atoms with Crippen molar-refractivity contribution < 1.29 is 19.5 Å². The average molecular weight is 249 g/mol. The minimum atomic E-state index is -1.10. The summed E-state index contributed by atoms with van der Waals surface area (Å²) in [5, 5.41) is 11.3. The first kappa shape index (κ1) is 12.0. The first-order chi connectivity index (χ1) is 8.58. The van der Waals surface area contributed by atoms with Gasteiger partial charge < -0.3 is 15.3 Å². The van der Waals surface area contributed by atoms with Gasteiger partial charge in [-0.25, -0.2) is 4.79 Å². The van der Waals surface area contributed by atoms with Crippen molar-refractivity contribution in [1.29, 1.82) is 0 Å². The molecule has 1 aliphatic heterocycles. The molecule has 0 aromatic carbocycles. The maximum absolute atomic E-state index is 12.0. The molecule has 0 atom stereocenters. The Kier molecular flexibility index (Phi) is 3.22. The van der Waals surface area contributed by atoms with Crippen LogP contribution in [0.15, 0.2) is 18.3 Å². The average Bonchev–Trinajstić information content (AvgIpc) is 2.38. The van der Waals surface area contributed by atoms with Gasteiger partial charge in [0.25, 0.3) is 5.91 Å². The van der Waals surface area contributed by atoms with E-state index in [4.69, 9.17) is 5.11 Å². The van der Waals surface area contributed by atoms with Gasteiger partial charge in [0.1, 0.15) is 5.69 Å². The fraction of sp³-hybridized carbons (Fsp3) is 0.273. The predicted molar refractivity (Wildman–Crippen MR) is 60.1 cm³/mol. The van der Waals surface area contributed by atoms with Crippen LogP contribution in [-0.4, -0.2) is 52.4 Å². The second-order valence-electron chi connectivity index (χ2n) is 3.81. The molecule has 2 amide bonds. The normalized spacial score (nSPS) is 15.1. The second-order valence-corrected chi connectivity index (χ2v) is 3.81. The molecular weight excluding hydrogens is 238 g/mol. The van der Waals surface area contributed by atoms with E-state index in [0.29, 0.717) is 13.1 Å². The van der Waals surface area contributed by atoms with E-state index in [9.17, 15) is 14.4 Å². The minimum absolute atomic E-state index is 0.00119. The minimum Gasteiger partial charge on any atom is -0.478 e. The molecule has 1 aromatic rings. The Labute approximate surface area is 102 Å². The molecule has 0 spiro atoms. The molecule has 1 saturated heterocycles. The van der Waals surface area contributed by atoms with Crippen LogP contribution in [-0.2, 0) is 4.79 Å². The number of hydrogen-bond acceptors (Lipinski definition) is 4. The Balaban J connectivity index is 2.13. The zero-order valence-electron chi connectivity index (χ0n) is 9.42. The molecule has 2 heterocycles. The summed E-state index contributed by atoms with van der Waals surface area (Å²) in [6, 6.07) is 2.66. The largest absolute Gasteiger partial charge is 0.478 e. The SMILES string of the molecule is O=C1CN(C(=O)c2ccc(C(=O)O)cn2)CCN1. The molecule has 1 fully saturated rings. The van der Waals surface area contributed by atoms with Gasteiger partial charge in [0.15, 0.2) is 0 Å². The van der Waals surface area contributed by atoms with Crippen LogP contribution in [0.4, 0.5) is 0 Å². The highest BCUT2D eigenvalue weighted by Gasteiger charge is 2.23. The highest BCUT2D eigenvalue weighted by atomic mass is 16.4. The third-order valence-corrected chi connectivity index (χ3v) is 2.56. The lowest BCUT2D eigenvalue weighted by Crippen LogP contribution is -2.50. The van der Waals surface area contributed by atoms with Gasteiger partial charge in [-0.1, -0.05) is 0 Å². The number of nitrogens with one attached hydrogen (secondary N) is 1. The smallest absolute Gasteiger partial charge is 0.337 e. The lowest BCUT2D eigenvalue weighted by atomic mass is 10.2. The monoisotopic (exact) mass is 249 g/mol. The zero-order valence-corrected chi connectivity index (χ0v) is 9.42. The number of hydrogen-bond donors (Lipinski definition) is 2. The van der Waals surface area contributed by atoms with Crippen molar-refractivity contribution in [3.8, 4) is 0 Å². The summed E-state index contributed by atoms with van der Waals surface area (Å²) in [5.41, 5.74) is 0.151. The van der Waals surface area contributed by atoms with Crippen LogP contribution in [0.1, 0.15) is 20.8 Å². The molecule has 1 aromatic heterocycles. The molecule has 7 nitrogen and oxygen atoms in total. The van der Waals surface area contributed by atoms with E-state index in [1.807, 2.05) is 0 Å². The highest BCUT2D eigenvalue weighted by molar-refractivity contribution is 5.96. The van der Waals surface area contributed by atoms with Crippen LogP contribution in [0.2, 0.25) is 0 Å². The fourth-order valence-electron chi connectivity index (χ4n) is 1.62. The standard InChI is InChI=1S/C11H11N3O4/c15-9-6-14(4-3-12-9)10(16)8-2-1-7(5-13-8)11(17)18/h1-2,5H,3-4,6H2,(H,12,15)(H,17,18). The number of pyridine rings is 1. The van der Waals surface area contributed by atoms with E-state index in [0.717, 1.165) is 6.20 Å². The molecule has 0 bridgehead atoms. The lowest BCUT2D eigenvalue weighted by Gasteiger charge is -2.26. The topological polar surface area (TPSA) is 99.6 Å². The quantitative estimate of drug-likeness (QED) is 0.725. The summed E-state index contributed by atoms with van der Waals surface area (Å²) in [7, 11) is 0. The zero-order chi connectivity index (χ0) is 13.1. The Morgan fingerprint density at radius 1 is 1.39 bits per heavy atom. The molecule has 94 valence electrons. The summed E-state index contributed by atoms with van der Waals surface area (Å²) in [4.78, 5) is 38.9. The molecular formula is C11H11N3O4. The molecule has 0 unspecified atom stereocenters. The molecule has 2 N–H and O–H groups in total. The van der Waals surface area contributed by atoms with Crippen molar-refractivity contribution in [1.82, 2.24) is 15.2 Å². The van der Waals surface area contributed by atoms with E-state index >= 15 is 0 Å². The van der Waals surface area contributed by atoms with Gasteiger partial charge in [-0.05, 0) is 12.1 Å². The van der Waals surface area contributed by atoms with Crippen LogP contribution in [0.3, 0.4) is 0 Å². The molecule has 0 saturated carbocycles. The van der Waals surface area contributed by atoms with Gasteiger partial charge in [-0.2, -0.15) is 0 Å². The van der Waals surface area contributed by atoms with Gasteiger partial charge in [0, 0.05) is 19.3 Å². The lowest BCUT2D eigenvalue weighted by molar-refractivity contribution is -0.123. The van der Waals surface area contributed by atoms with Crippen molar-refractivity contribution in [2.45, 2.75) is 0 Å². The molecule has 7 heteroatoms. The molecule has 18 heavy (non-hydrogen) atoms. The van der Waals surface area contributed by atoms with E-state index in [2.05, 4.69) is 10.3 Å². The summed E-state index contributed by atoms with van der Waals surface area (Å²) < 4.78 is 0. The third kappa shape index (κ3) is 2.45. The number of nitrogens with zero attached hydrogens (tertiary/aromatic N) is 2. The molecule has 0 radical (unpaired) electrons. The first-order valence-corrected chi connectivity index (χ1v) is 5.33. The van der Waals surface area contributed by atoms with Crippen LogP contribution >= 0.6 is 0 Å². The van der Waals surface area contributed by atoms with Crippen LogP contribution in [0, 0.1) is 0 Å². The highest BCUT2D eigenvalue weighted by Crippen LogP contribution is 2.05. The maximum atomic E-state index is 12.0. The Morgan fingerprint density at radius 3 is 2.72 bits per heavy atom. The van der Waals surface area contributed by atoms with Crippen LogP contribution in [0.5, 0.6) is 0 Å². The van der Waals surface area contributed by atoms with E-state index in [-0.39, 0.29) is 29.6 Å². The number of rotatable bonds is 2. The van der Waals surface area contributed by atoms with Gasteiger partial charge in [-0.15, -0.1) is 0 Å². The summed E-state index contributed by atoms with van der Waals surface area (Å²) in [6.45, 7) is 0.839. The Bertz CT molecular complexity index is 498. The first-order valence-electron chi connectivity index (χ1n) is 5.33.